The van der Waals surface area contributed by atoms with Gasteiger partial charge in [0.2, 0.25) is 6.23 Å². The van der Waals surface area contributed by atoms with Gasteiger partial charge in [-0.2, -0.15) is 0 Å². The van der Waals surface area contributed by atoms with Gasteiger partial charge in [-0.15, -0.1) is 0 Å². The van der Waals surface area contributed by atoms with E-state index in [1.807, 2.05) is 0 Å². The van der Waals surface area contributed by atoms with Crippen molar-refractivity contribution in [2.45, 2.75) is 18.8 Å². The molecule has 0 saturated heterocycles. The van der Waals surface area contributed by atoms with Crippen molar-refractivity contribution in [1.82, 2.24) is 9.55 Å². The molecule has 0 aromatic carbocycles. The molecule has 0 bridgehead atoms. The van der Waals surface area contributed by atoms with Crippen LogP contribution in [-0.4, -0.2) is 45.4 Å². The summed E-state index contributed by atoms with van der Waals surface area (Å²) in [5.41, 5.74) is 4.07. The normalized spacial score (nSPS) is 21.0. The smallest absolute Gasteiger partial charge is 0.331 e. The minimum atomic E-state index is -4.26. The Morgan fingerprint density at radius 2 is 2.17 bits per heavy atom. The number of nitrogens with one attached hydrogen (secondary N) is 1. The lowest BCUT2D eigenvalue weighted by molar-refractivity contribution is -0.0388. The second-order valence-electron chi connectivity index (χ2n) is 4.92. The number of hydrogen-bond acceptors (Lipinski definition) is 7. The van der Waals surface area contributed by atoms with Crippen molar-refractivity contribution < 1.29 is 28.6 Å². The van der Waals surface area contributed by atoms with Crippen molar-refractivity contribution in [1.29, 1.82) is 0 Å². The van der Waals surface area contributed by atoms with E-state index in [1.54, 1.807) is 0 Å². The first-order valence-electron chi connectivity index (χ1n) is 6.88. The average molecular weight is 363 g/mol. The first-order valence-corrected chi connectivity index (χ1v) is 8.68. The number of aromatic amines is 1. The van der Waals surface area contributed by atoms with Crippen LogP contribution in [0.4, 0.5) is 0 Å². The van der Waals surface area contributed by atoms with E-state index in [0.29, 0.717) is 0 Å². The van der Waals surface area contributed by atoms with Gasteiger partial charge in [-0.3, -0.25) is 24.6 Å². The predicted molar refractivity (Wildman–Crippen MR) is 80.9 cm³/mol. The second kappa shape index (κ2) is 7.32. The molecule has 0 spiro atoms. The summed E-state index contributed by atoms with van der Waals surface area (Å²) < 4.78 is 28.3. The Kier molecular flexibility index (Phi) is 5.62. The molecule has 1 aliphatic rings. The Morgan fingerprint density at radius 1 is 1.46 bits per heavy atom. The van der Waals surface area contributed by atoms with Gasteiger partial charge in [0.1, 0.15) is 12.5 Å². The zero-order valence-corrected chi connectivity index (χ0v) is 13.6. The minimum Gasteiger partial charge on any atom is -0.476 e. The summed E-state index contributed by atoms with van der Waals surface area (Å²) >= 11 is 0. The standard InChI is InChI=1S/C12H18N3O8P/c1-21-10-9(22-6-13)7(3-5-24(18,19)20)23-11(10)15-4-2-8(16)14-12(15)17/h2,4,10-11H,3,5-6,13H2,1H3,(H,14,16,17)(H2,18,19,20)/t10?,11-/m1/s1. The third-order valence-electron chi connectivity index (χ3n) is 3.30. The van der Waals surface area contributed by atoms with E-state index < -0.39 is 37.3 Å². The quantitative estimate of drug-likeness (QED) is 0.343. The van der Waals surface area contributed by atoms with Crippen LogP contribution >= 0.6 is 7.60 Å². The maximum atomic E-state index is 11.9. The molecule has 5 N–H and O–H groups in total. The van der Waals surface area contributed by atoms with Crippen LogP contribution in [-0.2, 0) is 18.8 Å². The van der Waals surface area contributed by atoms with E-state index >= 15 is 0 Å². The number of methoxy groups -OCH3 is 1. The molecule has 1 aromatic rings. The Bertz CT molecular complexity index is 779. The van der Waals surface area contributed by atoms with Crippen LogP contribution in [0.15, 0.2) is 33.4 Å². The lowest BCUT2D eigenvalue weighted by Gasteiger charge is -2.21. The maximum Gasteiger partial charge on any atom is 0.331 e. The first-order chi connectivity index (χ1) is 11.3. The molecule has 1 aliphatic heterocycles. The molecule has 2 rings (SSSR count). The van der Waals surface area contributed by atoms with Gasteiger partial charge in [-0.25, -0.2) is 4.79 Å². The topological polar surface area (TPSA) is 166 Å². The molecule has 1 unspecified atom stereocenters. The molecule has 0 saturated carbocycles. The number of hydrogen-bond donors (Lipinski definition) is 4. The van der Waals surface area contributed by atoms with E-state index in [1.165, 1.54) is 13.3 Å². The molecule has 134 valence electrons. The third kappa shape index (κ3) is 4.13. The lowest BCUT2D eigenvalue weighted by Crippen LogP contribution is -2.36. The van der Waals surface area contributed by atoms with Crippen molar-refractivity contribution >= 4 is 7.60 Å². The van der Waals surface area contributed by atoms with Gasteiger partial charge in [0.25, 0.3) is 5.56 Å². The molecule has 24 heavy (non-hydrogen) atoms. The molecular weight excluding hydrogens is 345 g/mol. The van der Waals surface area contributed by atoms with Gasteiger partial charge in [0.05, 0.1) is 6.16 Å². The SMILES string of the molecule is COC1C(OCN)=C(CCP(=O)(O)O)O[C@H]1n1ccc(=O)[nH]c1=O. The molecule has 1 aromatic heterocycles. The van der Waals surface area contributed by atoms with Crippen molar-refractivity contribution in [2.24, 2.45) is 5.73 Å². The predicted octanol–water partition coefficient (Wildman–Crippen LogP) is -1.21. The fourth-order valence-electron chi connectivity index (χ4n) is 2.29. The number of H-pyrrole nitrogens is 1. The second-order valence-corrected chi connectivity index (χ2v) is 6.70. The number of allylic oxidation sites excluding steroid dienone is 1. The molecule has 0 aliphatic carbocycles. The summed E-state index contributed by atoms with van der Waals surface area (Å²) in [6, 6.07) is 1.13. The summed E-state index contributed by atoms with van der Waals surface area (Å²) in [5, 5.41) is 0. The number of rotatable bonds is 7. The van der Waals surface area contributed by atoms with Crippen LogP contribution in [0, 0.1) is 0 Å². The van der Waals surface area contributed by atoms with Crippen LogP contribution in [0.5, 0.6) is 0 Å². The van der Waals surface area contributed by atoms with Crippen LogP contribution < -0.4 is 17.0 Å². The van der Waals surface area contributed by atoms with Gasteiger partial charge in [0.15, 0.2) is 11.9 Å². The summed E-state index contributed by atoms with van der Waals surface area (Å²) in [4.78, 5) is 43.2. The van der Waals surface area contributed by atoms with E-state index in [4.69, 9.17) is 29.7 Å². The molecule has 12 heteroatoms. The zero-order chi connectivity index (χ0) is 17.9. The fourth-order valence-corrected chi connectivity index (χ4v) is 2.78. The molecule has 0 fully saturated rings. The van der Waals surface area contributed by atoms with Crippen LogP contribution in [0.2, 0.25) is 0 Å². The molecule has 2 atom stereocenters. The van der Waals surface area contributed by atoms with Gasteiger partial charge in [0, 0.05) is 25.8 Å². The Balaban J connectivity index is 2.35. The van der Waals surface area contributed by atoms with Crippen molar-refractivity contribution in [2.75, 3.05) is 20.0 Å². The van der Waals surface area contributed by atoms with E-state index in [0.717, 1.165) is 10.6 Å². The van der Waals surface area contributed by atoms with Gasteiger partial charge in [-0.05, 0) is 0 Å². The highest BCUT2D eigenvalue weighted by Crippen LogP contribution is 2.41. The highest BCUT2D eigenvalue weighted by Gasteiger charge is 2.40. The van der Waals surface area contributed by atoms with E-state index in [2.05, 4.69) is 4.98 Å². The largest absolute Gasteiger partial charge is 0.476 e. The van der Waals surface area contributed by atoms with Crippen molar-refractivity contribution in [3.8, 4) is 0 Å². The Hall–Kier alpha value is -1.91. The molecule has 11 nitrogen and oxygen atoms in total. The number of nitrogens with zero attached hydrogens (tertiary/aromatic N) is 1. The Labute approximate surface area is 135 Å². The number of aromatic nitrogens is 2. The first kappa shape index (κ1) is 18.4. The number of ether oxygens (including phenoxy) is 3. The molecule has 2 heterocycles. The lowest BCUT2D eigenvalue weighted by atomic mass is 10.2. The molecule has 0 amide bonds. The van der Waals surface area contributed by atoms with Crippen LogP contribution in [0.3, 0.4) is 0 Å². The summed E-state index contributed by atoms with van der Waals surface area (Å²) in [6.07, 6.45) is -1.25. The van der Waals surface area contributed by atoms with Gasteiger partial charge >= 0.3 is 13.3 Å². The highest BCUT2D eigenvalue weighted by molar-refractivity contribution is 7.51. The monoisotopic (exact) mass is 363 g/mol. The Morgan fingerprint density at radius 3 is 2.71 bits per heavy atom. The van der Waals surface area contributed by atoms with E-state index in [-0.39, 0.29) is 24.7 Å². The molecule has 0 radical (unpaired) electrons. The maximum absolute atomic E-state index is 11.9. The van der Waals surface area contributed by atoms with Crippen molar-refractivity contribution in [3.63, 3.8) is 0 Å². The summed E-state index contributed by atoms with van der Waals surface area (Å²) in [7, 11) is -2.91. The van der Waals surface area contributed by atoms with Crippen molar-refractivity contribution in [3.05, 3.63) is 44.6 Å². The third-order valence-corrected chi connectivity index (χ3v) is 4.11. The van der Waals surface area contributed by atoms with Gasteiger partial charge < -0.3 is 24.0 Å². The van der Waals surface area contributed by atoms with Crippen LogP contribution in [0.1, 0.15) is 12.6 Å². The van der Waals surface area contributed by atoms with Crippen LogP contribution in [0.25, 0.3) is 0 Å². The molecular formula is C12H18N3O8P. The average Bonchev–Trinajstić information content (AvgIpc) is 2.82. The van der Waals surface area contributed by atoms with E-state index in [9.17, 15) is 14.2 Å². The zero-order valence-electron chi connectivity index (χ0n) is 12.7. The summed E-state index contributed by atoms with van der Waals surface area (Å²) in [6.45, 7) is -0.217. The van der Waals surface area contributed by atoms with Gasteiger partial charge in [-0.1, -0.05) is 0 Å². The summed E-state index contributed by atoms with van der Waals surface area (Å²) in [5.74, 6) is 0.273. The minimum absolute atomic E-state index is 0.124. The number of nitrogens with two attached hydrogens (primary N) is 1. The highest BCUT2D eigenvalue weighted by atomic mass is 31.2. The fraction of sp³-hybridized carbons (Fsp3) is 0.500.